The molecule has 0 bridgehead atoms. The van der Waals surface area contributed by atoms with Crippen LogP contribution in [0.1, 0.15) is 24.3 Å². The number of rotatable bonds is 7. The fourth-order valence-electron chi connectivity index (χ4n) is 2.21. The Bertz CT molecular complexity index is 500. The van der Waals surface area contributed by atoms with Crippen LogP contribution in [0.15, 0.2) is 41.0 Å². The van der Waals surface area contributed by atoms with Crippen LogP contribution in [0.3, 0.4) is 0 Å². The molecule has 0 aliphatic rings. The summed E-state index contributed by atoms with van der Waals surface area (Å²) in [7, 11) is 3.32. The molecular weight excluding hydrogens is 254 g/mol. The molecule has 0 amide bonds. The second-order valence-electron chi connectivity index (χ2n) is 4.54. The summed E-state index contributed by atoms with van der Waals surface area (Å²) >= 11 is 0. The van der Waals surface area contributed by atoms with Crippen molar-refractivity contribution in [3.63, 3.8) is 0 Å². The molecule has 2 rings (SSSR count). The second kappa shape index (κ2) is 7.01. The molecule has 4 heteroatoms. The van der Waals surface area contributed by atoms with E-state index in [2.05, 4.69) is 12.2 Å². The van der Waals surface area contributed by atoms with Crippen molar-refractivity contribution in [3.8, 4) is 11.5 Å². The number of ether oxygens (including phenoxy) is 2. The van der Waals surface area contributed by atoms with Crippen LogP contribution in [-0.2, 0) is 6.42 Å². The summed E-state index contributed by atoms with van der Waals surface area (Å²) in [5, 5.41) is 3.47. The Hall–Kier alpha value is -1.94. The highest BCUT2D eigenvalue weighted by Crippen LogP contribution is 2.28. The standard InChI is InChI=1S/C16H21NO3/c1-4-17-16(11-13-6-5-7-20-13)12-8-14(18-2)10-15(9-12)19-3/h5-10,16-17H,4,11H2,1-3H3. The minimum atomic E-state index is 0.162. The lowest BCUT2D eigenvalue weighted by Gasteiger charge is -2.19. The minimum absolute atomic E-state index is 0.162. The van der Waals surface area contributed by atoms with Gasteiger partial charge in [0.15, 0.2) is 0 Å². The van der Waals surface area contributed by atoms with E-state index < -0.39 is 0 Å². The van der Waals surface area contributed by atoms with Gasteiger partial charge in [-0.3, -0.25) is 0 Å². The van der Waals surface area contributed by atoms with Gasteiger partial charge in [0.25, 0.3) is 0 Å². The zero-order chi connectivity index (χ0) is 14.4. The quantitative estimate of drug-likeness (QED) is 0.842. The predicted octanol–water partition coefficient (Wildman–Crippen LogP) is 3.19. The van der Waals surface area contributed by atoms with Gasteiger partial charge >= 0.3 is 0 Å². The number of hydrogen-bond acceptors (Lipinski definition) is 4. The van der Waals surface area contributed by atoms with Gasteiger partial charge in [0, 0.05) is 18.5 Å². The Morgan fingerprint density at radius 2 is 1.85 bits per heavy atom. The lowest BCUT2D eigenvalue weighted by atomic mass is 10.0. The van der Waals surface area contributed by atoms with Gasteiger partial charge in [-0.25, -0.2) is 0 Å². The molecule has 0 fully saturated rings. The second-order valence-corrected chi connectivity index (χ2v) is 4.54. The fraction of sp³-hybridized carbons (Fsp3) is 0.375. The first-order chi connectivity index (χ1) is 9.76. The number of nitrogens with one attached hydrogen (secondary N) is 1. The third-order valence-electron chi connectivity index (χ3n) is 3.21. The zero-order valence-electron chi connectivity index (χ0n) is 12.2. The van der Waals surface area contributed by atoms with Gasteiger partial charge in [0.2, 0.25) is 0 Å². The Morgan fingerprint density at radius 1 is 1.15 bits per heavy atom. The lowest BCUT2D eigenvalue weighted by molar-refractivity contribution is 0.390. The van der Waals surface area contributed by atoms with E-state index in [1.807, 2.05) is 30.3 Å². The summed E-state index contributed by atoms with van der Waals surface area (Å²) in [6.07, 6.45) is 2.49. The maximum atomic E-state index is 5.44. The molecule has 0 spiro atoms. The normalized spacial score (nSPS) is 12.2. The third kappa shape index (κ3) is 3.54. The van der Waals surface area contributed by atoms with Gasteiger partial charge in [0.05, 0.1) is 20.5 Å². The number of hydrogen-bond donors (Lipinski definition) is 1. The average molecular weight is 275 g/mol. The van der Waals surface area contributed by atoms with Crippen LogP contribution >= 0.6 is 0 Å². The van der Waals surface area contributed by atoms with Crippen LogP contribution in [0.25, 0.3) is 0 Å². The van der Waals surface area contributed by atoms with Crippen LogP contribution < -0.4 is 14.8 Å². The van der Waals surface area contributed by atoms with E-state index in [1.165, 1.54) is 0 Å². The van der Waals surface area contributed by atoms with Crippen LogP contribution in [0.4, 0.5) is 0 Å². The molecule has 0 aliphatic carbocycles. The molecule has 1 N–H and O–H groups in total. The van der Waals surface area contributed by atoms with Crippen molar-refractivity contribution in [2.24, 2.45) is 0 Å². The van der Waals surface area contributed by atoms with Gasteiger partial charge in [-0.15, -0.1) is 0 Å². The highest BCUT2D eigenvalue weighted by molar-refractivity contribution is 5.40. The molecule has 20 heavy (non-hydrogen) atoms. The van der Waals surface area contributed by atoms with E-state index in [0.717, 1.165) is 35.8 Å². The first kappa shape index (κ1) is 14.5. The summed E-state index contributed by atoms with van der Waals surface area (Å²) in [4.78, 5) is 0. The summed E-state index contributed by atoms with van der Waals surface area (Å²) in [5.41, 5.74) is 1.12. The molecule has 1 aromatic carbocycles. The molecule has 4 nitrogen and oxygen atoms in total. The predicted molar refractivity (Wildman–Crippen MR) is 78.4 cm³/mol. The Balaban J connectivity index is 2.27. The van der Waals surface area contributed by atoms with Crippen molar-refractivity contribution in [1.82, 2.24) is 5.32 Å². The van der Waals surface area contributed by atoms with Crippen molar-refractivity contribution in [2.45, 2.75) is 19.4 Å². The van der Waals surface area contributed by atoms with Crippen molar-refractivity contribution < 1.29 is 13.9 Å². The molecule has 2 aromatic rings. The molecule has 1 heterocycles. The highest BCUT2D eigenvalue weighted by Gasteiger charge is 2.15. The van der Waals surface area contributed by atoms with Crippen molar-refractivity contribution in [2.75, 3.05) is 20.8 Å². The van der Waals surface area contributed by atoms with Gasteiger partial charge in [-0.1, -0.05) is 6.92 Å². The SMILES string of the molecule is CCNC(Cc1ccco1)c1cc(OC)cc(OC)c1. The summed E-state index contributed by atoms with van der Waals surface area (Å²) in [5.74, 6) is 2.54. The Kier molecular flexibility index (Phi) is 5.07. The van der Waals surface area contributed by atoms with Crippen molar-refractivity contribution in [3.05, 3.63) is 47.9 Å². The van der Waals surface area contributed by atoms with Crippen LogP contribution in [0.2, 0.25) is 0 Å². The average Bonchev–Trinajstić information content (AvgIpc) is 2.99. The zero-order valence-corrected chi connectivity index (χ0v) is 12.2. The van der Waals surface area contributed by atoms with Crippen LogP contribution in [-0.4, -0.2) is 20.8 Å². The van der Waals surface area contributed by atoms with E-state index in [4.69, 9.17) is 13.9 Å². The molecule has 1 unspecified atom stereocenters. The van der Waals surface area contributed by atoms with Crippen LogP contribution in [0, 0.1) is 0 Å². The lowest BCUT2D eigenvalue weighted by Crippen LogP contribution is -2.22. The van der Waals surface area contributed by atoms with E-state index in [9.17, 15) is 0 Å². The fourth-order valence-corrected chi connectivity index (χ4v) is 2.21. The Labute approximate surface area is 119 Å². The number of benzene rings is 1. The van der Waals surface area contributed by atoms with E-state index >= 15 is 0 Å². The first-order valence-electron chi connectivity index (χ1n) is 6.75. The maximum absolute atomic E-state index is 5.44. The topological polar surface area (TPSA) is 43.6 Å². The molecule has 1 aromatic heterocycles. The number of likely N-dealkylation sites (N-methyl/N-ethyl adjacent to an activating group) is 1. The minimum Gasteiger partial charge on any atom is -0.497 e. The van der Waals surface area contributed by atoms with E-state index in [1.54, 1.807) is 20.5 Å². The molecule has 108 valence electrons. The van der Waals surface area contributed by atoms with Gasteiger partial charge in [-0.05, 0) is 36.4 Å². The molecule has 0 radical (unpaired) electrons. The third-order valence-corrected chi connectivity index (χ3v) is 3.21. The van der Waals surface area contributed by atoms with Crippen molar-refractivity contribution >= 4 is 0 Å². The number of furan rings is 1. The molecule has 0 saturated carbocycles. The molecule has 1 atom stereocenters. The van der Waals surface area contributed by atoms with E-state index in [0.29, 0.717) is 0 Å². The van der Waals surface area contributed by atoms with Gasteiger partial charge < -0.3 is 19.2 Å². The molecular formula is C16H21NO3. The summed E-state index contributed by atoms with van der Waals surface area (Å²) < 4.78 is 16.1. The summed E-state index contributed by atoms with van der Waals surface area (Å²) in [6, 6.07) is 9.98. The van der Waals surface area contributed by atoms with Gasteiger partial charge in [-0.2, -0.15) is 0 Å². The smallest absolute Gasteiger partial charge is 0.122 e. The van der Waals surface area contributed by atoms with Crippen LogP contribution in [0.5, 0.6) is 11.5 Å². The largest absolute Gasteiger partial charge is 0.497 e. The number of methoxy groups -OCH3 is 2. The monoisotopic (exact) mass is 275 g/mol. The molecule has 0 aliphatic heterocycles. The summed E-state index contributed by atoms with van der Waals surface area (Å²) in [6.45, 7) is 2.97. The van der Waals surface area contributed by atoms with Crippen molar-refractivity contribution in [1.29, 1.82) is 0 Å². The van der Waals surface area contributed by atoms with E-state index in [-0.39, 0.29) is 6.04 Å². The molecule has 0 saturated heterocycles. The van der Waals surface area contributed by atoms with Gasteiger partial charge in [0.1, 0.15) is 17.3 Å². The Morgan fingerprint density at radius 3 is 2.35 bits per heavy atom. The first-order valence-corrected chi connectivity index (χ1v) is 6.75. The highest BCUT2D eigenvalue weighted by atomic mass is 16.5. The maximum Gasteiger partial charge on any atom is 0.122 e.